The van der Waals surface area contributed by atoms with Crippen molar-refractivity contribution >= 4 is 22.9 Å². The first-order chi connectivity index (χ1) is 11.0. The fourth-order valence-electron chi connectivity index (χ4n) is 2.73. The number of H-pyrrole nitrogens is 1. The van der Waals surface area contributed by atoms with E-state index >= 15 is 0 Å². The molecule has 23 heavy (non-hydrogen) atoms. The van der Waals surface area contributed by atoms with Gasteiger partial charge in [-0.2, -0.15) is 0 Å². The van der Waals surface area contributed by atoms with Crippen molar-refractivity contribution in [3.05, 3.63) is 57.7 Å². The number of benzene rings is 1. The summed E-state index contributed by atoms with van der Waals surface area (Å²) in [5.41, 5.74) is 5.90. The molecular formula is C18H19N3OS. The highest BCUT2D eigenvalue weighted by molar-refractivity contribution is 7.17. The van der Waals surface area contributed by atoms with Crippen molar-refractivity contribution in [1.82, 2.24) is 9.97 Å². The normalized spacial score (nSPS) is 10.8. The zero-order valence-corrected chi connectivity index (χ0v) is 14.5. The average Bonchev–Trinajstić information content (AvgIpc) is 3.11. The molecule has 1 amide bonds. The predicted octanol–water partition coefficient (Wildman–Crippen LogP) is 4.62. The van der Waals surface area contributed by atoms with E-state index in [4.69, 9.17) is 0 Å². The van der Waals surface area contributed by atoms with Crippen LogP contribution in [0.25, 0.3) is 10.7 Å². The molecule has 0 atom stereocenters. The average molecular weight is 325 g/mol. The van der Waals surface area contributed by atoms with E-state index < -0.39 is 0 Å². The fraction of sp³-hybridized carbons (Fsp3) is 0.222. The molecule has 0 saturated heterocycles. The molecule has 5 heteroatoms. The zero-order valence-electron chi connectivity index (χ0n) is 13.7. The Bertz CT molecular complexity index is 840. The number of rotatable bonds is 3. The molecule has 0 aliphatic rings. The zero-order chi connectivity index (χ0) is 16.6. The molecular weight excluding hydrogens is 306 g/mol. The first-order valence-electron chi connectivity index (χ1n) is 7.46. The lowest BCUT2D eigenvalue weighted by atomic mass is 10.1. The molecule has 0 bridgehead atoms. The lowest BCUT2D eigenvalue weighted by Gasteiger charge is -2.12. The molecule has 2 heterocycles. The van der Waals surface area contributed by atoms with Crippen molar-refractivity contribution in [2.24, 2.45) is 0 Å². The van der Waals surface area contributed by atoms with Crippen LogP contribution >= 0.6 is 11.3 Å². The van der Waals surface area contributed by atoms with E-state index in [0.717, 1.165) is 33.2 Å². The number of aromatic nitrogens is 2. The Morgan fingerprint density at radius 2 is 1.87 bits per heavy atom. The molecule has 0 fully saturated rings. The molecule has 4 nitrogen and oxygen atoms in total. The molecule has 0 aliphatic heterocycles. The van der Waals surface area contributed by atoms with Crippen molar-refractivity contribution in [2.75, 3.05) is 5.32 Å². The smallest absolute Gasteiger partial charge is 0.267 e. The van der Waals surface area contributed by atoms with Gasteiger partial charge in [-0.1, -0.05) is 17.7 Å². The van der Waals surface area contributed by atoms with Crippen LogP contribution in [0, 0.1) is 27.7 Å². The van der Waals surface area contributed by atoms with Crippen molar-refractivity contribution in [3.8, 4) is 10.7 Å². The summed E-state index contributed by atoms with van der Waals surface area (Å²) in [5, 5.41) is 3.87. The number of amides is 1. The second-order valence-electron chi connectivity index (χ2n) is 5.75. The summed E-state index contributed by atoms with van der Waals surface area (Å²) in [7, 11) is 0. The van der Waals surface area contributed by atoms with Gasteiger partial charge in [-0.05, 0) is 51.0 Å². The Morgan fingerprint density at radius 3 is 2.48 bits per heavy atom. The lowest BCUT2D eigenvalue weighted by molar-refractivity contribution is 0.102. The van der Waals surface area contributed by atoms with Gasteiger partial charge in [-0.25, -0.2) is 4.98 Å². The van der Waals surface area contributed by atoms with E-state index in [0.29, 0.717) is 4.88 Å². The highest BCUT2D eigenvalue weighted by Crippen LogP contribution is 2.28. The molecule has 2 aromatic heterocycles. The molecule has 2 N–H and O–H groups in total. The molecule has 0 spiro atoms. The van der Waals surface area contributed by atoms with E-state index in [2.05, 4.69) is 34.3 Å². The van der Waals surface area contributed by atoms with Crippen molar-refractivity contribution < 1.29 is 4.79 Å². The third-order valence-electron chi connectivity index (χ3n) is 3.75. The highest BCUT2D eigenvalue weighted by atomic mass is 32.1. The van der Waals surface area contributed by atoms with Crippen LogP contribution in [0.1, 0.15) is 32.1 Å². The molecule has 3 rings (SSSR count). The molecule has 1 aromatic carbocycles. The molecule has 0 radical (unpaired) electrons. The van der Waals surface area contributed by atoms with Crippen LogP contribution in [0.4, 0.5) is 5.69 Å². The van der Waals surface area contributed by atoms with Gasteiger partial charge in [0.05, 0.1) is 11.4 Å². The van der Waals surface area contributed by atoms with Gasteiger partial charge in [0.1, 0.15) is 9.88 Å². The Labute approximate surface area is 139 Å². The predicted molar refractivity (Wildman–Crippen MR) is 95.2 cm³/mol. The number of thiazole rings is 1. The van der Waals surface area contributed by atoms with Gasteiger partial charge in [0, 0.05) is 11.9 Å². The number of anilines is 1. The quantitative estimate of drug-likeness (QED) is 0.738. The first-order valence-corrected chi connectivity index (χ1v) is 8.27. The second kappa shape index (κ2) is 6.01. The van der Waals surface area contributed by atoms with Gasteiger partial charge in [0.15, 0.2) is 0 Å². The van der Waals surface area contributed by atoms with Gasteiger partial charge in [-0.3, -0.25) is 4.79 Å². The summed E-state index contributed by atoms with van der Waals surface area (Å²) in [6.45, 7) is 7.95. The number of carbonyl (C=O) groups is 1. The van der Waals surface area contributed by atoms with Gasteiger partial charge >= 0.3 is 0 Å². The van der Waals surface area contributed by atoms with Crippen LogP contribution in [0.3, 0.4) is 0 Å². The van der Waals surface area contributed by atoms with E-state index in [1.807, 2.05) is 39.1 Å². The van der Waals surface area contributed by atoms with E-state index in [1.165, 1.54) is 16.9 Å². The third-order valence-corrected chi connectivity index (χ3v) is 4.94. The number of aryl methyl sites for hydroxylation is 4. The van der Waals surface area contributed by atoms with Crippen LogP contribution < -0.4 is 5.32 Å². The summed E-state index contributed by atoms with van der Waals surface area (Å²) in [6.07, 6.45) is 1.85. The number of nitrogens with zero attached hydrogens (tertiary/aromatic N) is 1. The molecule has 118 valence electrons. The molecule has 0 aliphatic carbocycles. The summed E-state index contributed by atoms with van der Waals surface area (Å²) < 4.78 is 0. The topological polar surface area (TPSA) is 57.8 Å². The maximum absolute atomic E-state index is 12.7. The van der Waals surface area contributed by atoms with Crippen LogP contribution in [0.2, 0.25) is 0 Å². The summed E-state index contributed by atoms with van der Waals surface area (Å²) >= 11 is 1.41. The van der Waals surface area contributed by atoms with Crippen LogP contribution in [0.5, 0.6) is 0 Å². The summed E-state index contributed by atoms with van der Waals surface area (Å²) in [5.74, 6) is -0.104. The number of hydrogen-bond donors (Lipinski definition) is 2. The van der Waals surface area contributed by atoms with Crippen molar-refractivity contribution in [2.45, 2.75) is 27.7 Å². The number of hydrogen-bond acceptors (Lipinski definition) is 3. The van der Waals surface area contributed by atoms with Gasteiger partial charge in [-0.15, -0.1) is 11.3 Å². The number of nitrogens with one attached hydrogen (secondary N) is 2. The lowest BCUT2D eigenvalue weighted by Crippen LogP contribution is -2.13. The first kappa shape index (κ1) is 15.5. The SMILES string of the molecule is Cc1cc(C)c(NC(=O)c2sc(-c3ccc[nH]3)nc2C)c(C)c1. The summed E-state index contributed by atoms with van der Waals surface area (Å²) in [4.78, 5) is 20.9. The Balaban J connectivity index is 1.90. The minimum Gasteiger partial charge on any atom is -0.359 e. The second-order valence-corrected chi connectivity index (χ2v) is 6.74. The van der Waals surface area contributed by atoms with Gasteiger partial charge in [0.25, 0.3) is 5.91 Å². The Hall–Kier alpha value is -2.40. The van der Waals surface area contributed by atoms with Crippen molar-refractivity contribution in [3.63, 3.8) is 0 Å². The van der Waals surface area contributed by atoms with E-state index in [-0.39, 0.29) is 5.91 Å². The minimum absolute atomic E-state index is 0.104. The standard InChI is InChI=1S/C18H19N3OS/c1-10-8-11(2)15(12(3)9-10)21-17(22)16-13(4)20-18(23-16)14-6-5-7-19-14/h5-9,19H,1-4H3,(H,21,22). The highest BCUT2D eigenvalue weighted by Gasteiger charge is 2.18. The Morgan fingerprint density at radius 1 is 1.17 bits per heavy atom. The molecule has 0 unspecified atom stereocenters. The van der Waals surface area contributed by atoms with E-state index in [1.54, 1.807) is 0 Å². The third kappa shape index (κ3) is 3.05. The van der Waals surface area contributed by atoms with Gasteiger partial charge < -0.3 is 10.3 Å². The molecule has 0 saturated carbocycles. The van der Waals surface area contributed by atoms with Gasteiger partial charge in [0.2, 0.25) is 0 Å². The Kier molecular flexibility index (Phi) is 4.05. The summed E-state index contributed by atoms with van der Waals surface area (Å²) in [6, 6.07) is 8.03. The minimum atomic E-state index is -0.104. The van der Waals surface area contributed by atoms with E-state index in [9.17, 15) is 4.79 Å². The molecule has 3 aromatic rings. The van der Waals surface area contributed by atoms with Crippen molar-refractivity contribution in [1.29, 1.82) is 0 Å². The van der Waals surface area contributed by atoms with Crippen LogP contribution in [-0.4, -0.2) is 15.9 Å². The number of carbonyl (C=O) groups excluding carboxylic acids is 1. The maximum Gasteiger partial charge on any atom is 0.267 e. The number of aromatic amines is 1. The fourth-order valence-corrected chi connectivity index (χ4v) is 3.68. The van der Waals surface area contributed by atoms with Crippen LogP contribution in [0.15, 0.2) is 30.5 Å². The van der Waals surface area contributed by atoms with Crippen LogP contribution in [-0.2, 0) is 0 Å². The maximum atomic E-state index is 12.7. The largest absolute Gasteiger partial charge is 0.359 e. The monoisotopic (exact) mass is 325 g/mol.